The molecule has 0 aliphatic carbocycles. The van der Waals surface area contributed by atoms with Crippen LogP contribution in [0.3, 0.4) is 0 Å². The Bertz CT molecular complexity index is 537. The standard InChI is InChI=1S/C13H22N2O2S2.ClH/c1-9-7-13(11(3)18-9)19(16,17)15-10(2)12-5-4-6-14-8-12;/h7,10,12,14-15H,4-6,8H2,1-3H3;1H. The molecule has 0 radical (unpaired) electrons. The van der Waals surface area contributed by atoms with Gasteiger partial charge in [-0.3, -0.25) is 0 Å². The van der Waals surface area contributed by atoms with E-state index < -0.39 is 10.0 Å². The monoisotopic (exact) mass is 338 g/mol. The van der Waals surface area contributed by atoms with E-state index in [0.717, 1.165) is 35.7 Å². The molecule has 0 bridgehead atoms. The number of rotatable bonds is 4. The normalized spacial score (nSPS) is 21.2. The predicted octanol–water partition coefficient (Wildman–Crippen LogP) is 2.45. The van der Waals surface area contributed by atoms with Gasteiger partial charge in [0.2, 0.25) is 10.0 Å². The fourth-order valence-corrected chi connectivity index (χ4v) is 5.45. The SMILES string of the molecule is Cc1cc(S(=O)(=O)NC(C)C2CCCNC2)c(C)s1.Cl. The van der Waals surface area contributed by atoms with Crippen LogP contribution in [0, 0.1) is 19.8 Å². The minimum absolute atomic E-state index is 0. The van der Waals surface area contributed by atoms with E-state index in [9.17, 15) is 8.42 Å². The smallest absolute Gasteiger partial charge is 0.241 e. The van der Waals surface area contributed by atoms with Crippen LogP contribution < -0.4 is 10.0 Å². The molecule has 1 aliphatic rings. The van der Waals surface area contributed by atoms with Crippen LogP contribution in [0.15, 0.2) is 11.0 Å². The minimum atomic E-state index is -3.39. The number of thiophene rings is 1. The van der Waals surface area contributed by atoms with E-state index in [-0.39, 0.29) is 18.4 Å². The van der Waals surface area contributed by atoms with Crippen molar-refractivity contribution >= 4 is 33.8 Å². The first-order chi connectivity index (χ1) is 8.90. The first-order valence-corrected chi connectivity index (χ1v) is 9.00. The molecular weight excluding hydrogens is 316 g/mol. The van der Waals surface area contributed by atoms with Gasteiger partial charge in [0.05, 0.1) is 4.90 Å². The zero-order valence-corrected chi connectivity index (χ0v) is 14.6. The second-order valence-electron chi connectivity index (χ2n) is 5.29. The summed E-state index contributed by atoms with van der Waals surface area (Å²) in [4.78, 5) is 2.33. The van der Waals surface area contributed by atoms with Crippen molar-refractivity contribution in [3.8, 4) is 0 Å². The average Bonchev–Trinajstić information content (AvgIpc) is 2.70. The molecule has 4 nitrogen and oxygen atoms in total. The van der Waals surface area contributed by atoms with Gasteiger partial charge in [-0.25, -0.2) is 13.1 Å². The molecular formula is C13H23ClN2O2S2. The molecule has 20 heavy (non-hydrogen) atoms. The summed E-state index contributed by atoms with van der Waals surface area (Å²) >= 11 is 1.53. The lowest BCUT2D eigenvalue weighted by Crippen LogP contribution is -2.44. The molecule has 2 unspecified atom stereocenters. The van der Waals surface area contributed by atoms with Crippen LogP contribution in [0.2, 0.25) is 0 Å². The molecule has 0 saturated carbocycles. The third kappa shape index (κ3) is 4.18. The van der Waals surface area contributed by atoms with Gasteiger partial charge in [-0.15, -0.1) is 23.7 Å². The molecule has 7 heteroatoms. The van der Waals surface area contributed by atoms with Crippen LogP contribution in [-0.2, 0) is 10.0 Å². The summed E-state index contributed by atoms with van der Waals surface area (Å²) in [6, 6.07) is 1.73. The maximum absolute atomic E-state index is 12.4. The number of piperidine rings is 1. The van der Waals surface area contributed by atoms with Crippen LogP contribution >= 0.6 is 23.7 Å². The Morgan fingerprint density at radius 1 is 1.45 bits per heavy atom. The van der Waals surface area contributed by atoms with Gasteiger partial charge in [-0.05, 0) is 58.7 Å². The lowest BCUT2D eigenvalue weighted by molar-refractivity contribution is 0.320. The van der Waals surface area contributed by atoms with Gasteiger partial charge in [0.15, 0.2) is 0 Å². The Morgan fingerprint density at radius 3 is 2.65 bits per heavy atom. The van der Waals surface area contributed by atoms with Gasteiger partial charge in [-0.1, -0.05) is 0 Å². The summed E-state index contributed by atoms with van der Waals surface area (Å²) in [5.74, 6) is 0.378. The van der Waals surface area contributed by atoms with E-state index >= 15 is 0 Å². The highest BCUT2D eigenvalue weighted by Gasteiger charge is 2.26. The van der Waals surface area contributed by atoms with Crippen molar-refractivity contribution in [2.24, 2.45) is 5.92 Å². The summed E-state index contributed by atoms with van der Waals surface area (Å²) < 4.78 is 27.6. The number of sulfonamides is 1. The number of hydrogen-bond donors (Lipinski definition) is 2. The summed E-state index contributed by atoms with van der Waals surface area (Å²) in [5, 5.41) is 3.32. The van der Waals surface area contributed by atoms with E-state index in [1.54, 1.807) is 6.07 Å². The van der Waals surface area contributed by atoms with Crippen LogP contribution in [0.1, 0.15) is 29.5 Å². The summed E-state index contributed by atoms with van der Waals surface area (Å²) in [7, 11) is -3.39. The Labute approximate surface area is 131 Å². The molecule has 2 rings (SSSR count). The minimum Gasteiger partial charge on any atom is -0.316 e. The summed E-state index contributed by atoms with van der Waals surface area (Å²) in [5.41, 5.74) is 0. The Kier molecular flexibility index (Phi) is 6.47. The van der Waals surface area contributed by atoms with Crippen LogP contribution in [0.5, 0.6) is 0 Å². The van der Waals surface area contributed by atoms with Gasteiger partial charge < -0.3 is 5.32 Å². The molecule has 0 amide bonds. The Balaban J connectivity index is 0.00000200. The van der Waals surface area contributed by atoms with Crippen LogP contribution in [0.25, 0.3) is 0 Å². The van der Waals surface area contributed by atoms with Gasteiger partial charge in [0.1, 0.15) is 0 Å². The van der Waals surface area contributed by atoms with E-state index in [2.05, 4.69) is 10.0 Å². The molecule has 2 heterocycles. The third-order valence-electron chi connectivity index (χ3n) is 3.67. The maximum atomic E-state index is 12.4. The summed E-state index contributed by atoms with van der Waals surface area (Å²) in [6.07, 6.45) is 2.20. The Morgan fingerprint density at radius 2 is 2.15 bits per heavy atom. The maximum Gasteiger partial charge on any atom is 0.241 e. The second-order valence-corrected chi connectivity index (χ2v) is 8.44. The van der Waals surface area contributed by atoms with Crippen molar-refractivity contribution in [1.82, 2.24) is 10.0 Å². The first kappa shape index (κ1) is 17.9. The molecule has 2 N–H and O–H groups in total. The highest BCUT2D eigenvalue weighted by atomic mass is 35.5. The zero-order valence-electron chi connectivity index (χ0n) is 12.1. The van der Waals surface area contributed by atoms with Crippen LogP contribution in [-0.4, -0.2) is 27.5 Å². The van der Waals surface area contributed by atoms with Crippen molar-refractivity contribution < 1.29 is 8.42 Å². The van der Waals surface area contributed by atoms with E-state index in [1.165, 1.54) is 11.3 Å². The van der Waals surface area contributed by atoms with Crippen molar-refractivity contribution in [3.05, 3.63) is 15.8 Å². The van der Waals surface area contributed by atoms with Gasteiger partial charge >= 0.3 is 0 Å². The molecule has 0 spiro atoms. The van der Waals surface area contributed by atoms with E-state index in [0.29, 0.717) is 10.8 Å². The topological polar surface area (TPSA) is 58.2 Å². The highest BCUT2D eigenvalue weighted by molar-refractivity contribution is 7.89. The largest absolute Gasteiger partial charge is 0.316 e. The third-order valence-corrected chi connectivity index (χ3v) is 6.45. The predicted molar refractivity (Wildman–Crippen MR) is 86.4 cm³/mol. The highest BCUT2D eigenvalue weighted by Crippen LogP contribution is 2.25. The number of hydrogen-bond acceptors (Lipinski definition) is 4. The lowest BCUT2D eigenvalue weighted by Gasteiger charge is -2.28. The molecule has 1 aliphatic heterocycles. The van der Waals surface area contributed by atoms with Crippen molar-refractivity contribution in [2.45, 2.75) is 44.6 Å². The quantitative estimate of drug-likeness (QED) is 0.886. The second kappa shape index (κ2) is 7.22. The molecule has 1 fully saturated rings. The molecule has 1 saturated heterocycles. The van der Waals surface area contributed by atoms with Crippen molar-refractivity contribution in [1.29, 1.82) is 0 Å². The van der Waals surface area contributed by atoms with E-state index in [4.69, 9.17) is 0 Å². The number of halogens is 1. The lowest BCUT2D eigenvalue weighted by atomic mass is 9.94. The van der Waals surface area contributed by atoms with Gasteiger partial charge in [0.25, 0.3) is 0 Å². The zero-order chi connectivity index (χ0) is 14.0. The Hall–Kier alpha value is -0.140. The molecule has 1 aromatic rings. The fraction of sp³-hybridized carbons (Fsp3) is 0.692. The molecule has 116 valence electrons. The first-order valence-electron chi connectivity index (χ1n) is 6.70. The molecule has 2 atom stereocenters. The van der Waals surface area contributed by atoms with Gasteiger partial charge in [0, 0.05) is 15.8 Å². The van der Waals surface area contributed by atoms with Crippen molar-refractivity contribution in [3.63, 3.8) is 0 Å². The summed E-state index contributed by atoms with van der Waals surface area (Å²) in [6.45, 7) is 7.69. The molecule has 0 aromatic carbocycles. The fourth-order valence-electron chi connectivity index (χ4n) is 2.58. The van der Waals surface area contributed by atoms with E-state index in [1.807, 2.05) is 20.8 Å². The molecule has 1 aromatic heterocycles. The number of aryl methyl sites for hydroxylation is 2. The number of nitrogens with one attached hydrogen (secondary N) is 2. The van der Waals surface area contributed by atoms with Crippen molar-refractivity contribution in [2.75, 3.05) is 13.1 Å². The van der Waals surface area contributed by atoms with Gasteiger partial charge in [-0.2, -0.15) is 0 Å². The van der Waals surface area contributed by atoms with Crippen LogP contribution in [0.4, 0.5) is 0 Å². The average molecular weight is 339 g/mol.